The summed E-state index contributed by atoms with van der Waals surface area (Å²) in [4.78, 5) is 16.7. The van der Waals surface area contributed by atoms with Gasteiger partial charge in [0.1, 0.15) is 17.0 Å². The van der Waals surface area contributed by atoms with Gasteiger partial charge in [0.05, 0.1) is 13.7 Å². The van der Waals surface area contributed by atoms with E-state index in [1.165, 1.54) is 0 Å². The van der Waals surface area contributed by atoms with Crippen LogP contribution in [-0.2, 0) is 4.79 Å². The van der Waals surface area contributed by atoms with E-state index in [9.17, 15) is 4.79 Å². The third kappa shape index (κ3) is 5.35. The number of aromatic nitrogens is 1. The number of anilines is 1. The van der Waals surface area contributed by atoms with Gasteiger partial charge in [-0.25, -0.2) is 4.98 Å². The normalized spacial score (nSPS) is 10.8. The SMILES string of the molecule is COc1ccc(OCCCC(=O)Nc2ccc3nc(-c4cccc(Cl)c4)oc3c2)cc1. The van der Waals surface area contributed by atoms with E-state index in [-0.39, 0.29) is 5.91 Å². The number of carbonyl (C=O) groups is 1. The zero-order chi connectivity index (χ0) is 21.6. The summed E-state index contributed by atoms with van der Waals surface area (Å²) < 4.78 is 16.6. The van der Waals surface area contributed by atoms with Gasteiger partial charge in [0.15, 0.2) is 5.58 Å². The number of ether oxygens (including phenoxy) is 2. The van der Waals surface area contributed by atoms with E-state index < -0.39 is 0 Å². The maximum absolute atomic E-state index is 12.3. The third-order valence-electron chi connectivity index (χ3n) is 4.62. The molecule has 158 valence electrons. The molecule has 31 heavy (non-hydrogen) atoms. The summed E-state index contributed by atoms with van der Waals surface area (Å²) in [6.07, 6.45) is 0.944. The number of nitrogens with one attached hydrogen (secondary N) is 1. The van der Waals surface area contributed by atoms with Crippen LogP contribution in [0, 0.1) is 0 Å². The number of amides is 1. The van der Waals surface area contributed by atoms with Gasteiger partial charge in [0, 0.05) is 28.8 Å². The second-order valence-electron chi connectivity index (χ2n) is 6.89. The van der Waals surface area contributed by atoms with Gasteiger partial charge in [-0.3, -0.25) is 4.79 Å². The van der Waals surface area contributed by atoms with E-state index in [4.69, 9.17) is 25.5 Å². The van der Waals surface area contributed by atoms with Crippen LogP contribution in [-0.4, -0.2) is 24.6 Å². The van der Waals surface area contributed by atoms with Gasteiger partial charge in [-0.05, 0) is 61.0 Å². The highest BCUT2D eigenvalue weighted by molar-refractivity contribution is 6.30. The summed E-state index contributed by atoms with van der Waals surface area (Å²) in [5, 5.41) is 3.50. The number of benzene rings is 3. The molecule has 0 aliphatic carbocycles. The molecule has 4 aromatic rings. The largest absolute Gasteiger partial charge is 0.497 e. The van der Waals surface area contributed by atoms with Crippen LogP contribution in [0.2, 0.25) is 5.02 Å². The van der Waals surface area contributed by atoms with Gasteiger partial charge in [0.2, 0.25) is 11.8 Å². The van der Waals surface area contributed by atoms with Gasteiger partial charge in [-0.15, -0.1) is 0 Å². The van der Waals surface area contributed by atoms with Crippen molar-refractivity contribution in [2.24, 2.45) is 0 Å². The van der Waals surface area contributed by atoms with E-state index in [1.807, 2.05) is 42.5 Å². The van der Waals surface area contributed by atoms with Crippen LogP contribution >= 0.6 is 11.6 Å². The number of hydrogen-bond donors (Lipinski definition) is 1. The Hall–Kier alpha value is -3.51. The molecular weight excluding hydrogens is 416 g/mol. The van der Waals surface area contributed by atoms with Gasteiger partial charge < -0.3 is 19.2 Å². The topological polar surface area (TPSA) is 73.6 Å². The molecule has 1 amide bonds. The molecule has 0 atom stereocenters. The minimum absolute atomic E-state index is 0.0905. The summed E-state index contributed by atoms with van der Waals surface area (Å²) in [5.74, 6) is 1.91. The number of oxazole rings is 1. The van der Waals surface area contributed by atoms with E-state index in [0.717, 1.165) is 17.1 Å². The van der Waals surface area contributed by atoms with Crippen molar-refractivity contribution in [2.45, 2.75) is 12.8 Å². The molecule has 7 heteroatoms. The Balaban J connectivity index is 1.31. The predicted molar refractivity (Wildman–Crippen MR) is 121 cm³/mol. The van der Waals surface area contributed by atoms with Crippen molar-refractivity contribution in [1.82, 2.24) is 4.98 Å². The Labute approximate surface area is 184 Å². The van der Waals surface area contributed by atoms with Crippen LogP contribution in [0.5, 0.6) is 11.5 Å². The van der Waals surface area contributed by atoms with Crippen LogP contribution in [0.1, 0.15) is 12.8 Å². The van der Waals surface area contributed by atoms with Crippen LogP contribution in [0.25, 0.3) is 22.6 Å². The average molecular weight is 437 g/mol. The van der Waals surface area contributed by atoms with Gasteiger partial charge in [0.25, 0.3) is 0 Å². The summed E-state index contributed by atoms with van der Waals surface area (Å²) in [6.45, 7) is 0.448. The maximum atomic E-state index is 12.3. The molecule has 0 saturated heterocycles. The minimum atomic E-state index is -0.0905. The lowest BCUT2D eigenvalue weighted by Gasteiger charge is -2.07. The van der Waals surface area contributed by atoms with E-state index in [2.05, 4.69) is 10.3 Å². The lowest BCUT2D eigenvalue weighted by Crippen LogP contribution is -2.12. The Morgan fingerprint density at radius 3 is 2.65 bits per heavy atom. The fraction of sp³-hybridized carbons (Fsp3) is 0.167. The highest BCUT2D eigenvalue weighted by Crippen LogP contribution is 2.28. The molecule has 1 N–H and O–H groups in total. The molecular formula is C24H21ClN2O4. The summed E-state index contributed by atoms with van der Waals surface area (Å²) in [7, 11) is 1.62. The molecule has 0 saturated carbocycles. The fourth-order valence-corrected chi connectivity index (χ4v) is 3.26. The standard InChI is InChI=1S/C24H21ClN2O4/c1-29-19-8-10-20(11-9-19)30-13-3-6-23(28)26-18-7-12-21-22(15-18)31-24(27-21)16-4-2-5-17(25)14-16/h2,4-5,7-12,14-15H,3,6,13H2,1H3,(H,26,28). The molecule has 4 rings (SSSR count). The average Bonchev–Trinajstić information content (AvgIpc) is 3.21. The number of methoxy groups -OCH3 is 1. The number of halogens is 1. The van der Waals surface area contributed by atoms with Gasteiger partial charge in [-0.2, -0.15) is 0 Å². The summed E-state index contributed by atoms with van der Waals surface area (Å²) >= 11 is 6.04. The molecule has 0 bridgehead atoms. The van der Waals surface area contributed by atoms with Crippen LogP contribution in [0.4, 0.5) is 5.69 Å². The summed E-state index contributed by atoms with van der Waals surface area (Å²) in [6, 6.07) is 20.0. The number of nitrogens with zero attached hydrogens (tertiary/aromatic N) is 1. The van der Waals surface area contributed by atoms with Crippen molar-refractivity contribution in [1.29, 1.82) is 0 Å². The predicted octanol–water partition coefficient (Wildman–Crippen LogP) is 5.95. The van der Waals surface area contributed by atoms with Crippen LogP contribution < -0.4 is 14.8 Å². The fourth-order valence-electron chi connectivity index (χ4n) is 3.07. The Kier molecular flexibility index (Phi) is 6.38. The molecule has 0 unspecified atom stereocenters. The van der Waals surface area contributed by atoms with Crippen molar-refractivity contribution < 1.29 is 18.7 Å². The van der Waals surface area contributed by atoms with Gasteiger partial charge >= 0.3 is 0 Å². The van der Waals surface area contributed by atoms with E-state index in [1.54, 1.807) is 31.4 Å². The number of carbonyl (C=O) groups excluding carboxylic acids is 1. The first-order valence-corrected chi connectivity index (χ1v) is 10.2. The van der Waals surface area contributed by atoms with Crippen molar-refractivity contribution >= 4 is 34.3 Å². The lowest BCUT2D eigenvalue weighted by atomic mass is 10.2. The second kappa shape index (κ2) is 9.53. The van der Waals surface area contributed by atoms with E-state index in [0.29, 0.717) is 47.1 Å². The van der Waals surface area contributed by atoms with Crippen molar-refractivity contribution in [3.05, 3.63) is 71.8 Å². The first kappa shape index (κ1) is 20.8. The van der Waals surface area contributed by atoms with Crippen molar-refractivity contribution in [3.63, 3.8) is 0 Å². The third-order valence-corrected chi connectivity index (χ3v) is 4.86. The first-order valence-electron chi connectivity index (χ1n) is 9.84. The quantitative estimate of drug-likeness (QED) is 0.345. The number of hydrogen-bond acceptors (Lipinski definition) is 5. The highest BCUT2D eigenvalue weighted by Gasteiger charge is 2.10. The minimum Gasteiger partial charge on any atom is -0.497 e. The Morgan fingerprint density at radius 1 is 1.06 bits per heavy atom. The monoisotopic (exact) mass is 436 g/mol. The molecule has 0 spiro atoms. The van der Waals surface area contributed by atoms with E-state index >= 15 is 0 Å². The molecule has 6 nitrogen and oxygen atoms in total. The van der Waals surface area contributed by atoms with Gasteiger partial charge in [-0.1, -0.05) is 17.7 Å². The Bertz CT molecular complexity index is 1190. The van der Waals surface area contributed by atoms with Crippen LogP contribution in [0.3, 0.4) is 0 Å². The van der Waals surface area contributed by atoms with Crippen molar-refractivity contribution in [2.75, 3.05) is 19.0 Å². The molecule has 1 heterocycles. The summed E-state index contributed by atoms with van der Waals surface area (Å²) in [5.41, 5.74) is 2.75. The Morgan fingerprint density at radius 2 is 1.87 bits per heavy atom. The van der Waals surface area contributed by atoms with Crippen molar-refractivity contribution in [3.8, 4) is 23.0 Å². The smallest absolute Gasteiger partial charge is 0.227 e. The molecule has 1 aromatic heterocycles. The maximum Gasteiger partial charge on any atom is 0.227 e. The number of rotatable bonds is 8. The second-order valence-corrected chi connectivity index (χ2v) is 7.32. The zero-order valence-electron chi connectivity index (χ0n) is 16.9. The molecule has 0 aliphatic rings. The first-order chi connectivity index (χ1) is 15.1. The number of fused-ring (bicyclic) bond motifs is 1. The molecule has 3 aromatic carbocycles. The zero-order valence-corrected chi connectivity index (χ0v) is 17.7. The molecule has 0 radical (unpaired) electrons. The highest BCUT2D eigenvalue weighted by atomic mass is 35.5. The molecule has 0 aliphatic heterocycles. The van der Waals surface area contributed by atoms with Crippen LogP contribution in [0.15, 0.2) is 71.1 Å². The molecule has 0 fully saturated rings. The lowest BCUT2D eigenvalue weighted by molar-refractivity contribution is -0.116.